The molecule has 0 aliphatic rings. The molecule has 0 saturated carbocycles. The van der Waals surface area contributed by atoms with E-state index in [1.165, 1.54) is 0 Å². The third-order valence-electron chi connectivity index (χ3n) is 4.34. The summed E-state index contributed by atoms with van der Waals surface area (Å²) in [4.78, 5) is 33.4. The lowest BCUT2D eigenvalue weighted by Gasteiger charge is -2.18. The Kier molecular flexibility index (Phi) is 10.2. The van der Waals surface area contributed by atoms with Crippen molar-refractivity contribution in [3.05, 3.63) is 0 Å². The number of hydrogen-bond donors (Lipinski definition) is 3. The van der Waals surface area contributed by atoms with Crippen molar-refractivity contribution in [2.75, 3.05) is 13.2 Å². The number of carboxylic acid groups (broad SMARTS) is 2. The summed E-state index contributed by atoms with van der Waals surface area (Å²) in [5, 5.41) is 20.6. The first-order valence-corrected chi connectivity index (χ1v) is 8.86. The number of carbonyl (C=O) groups is 3. The van der Waals surface area contributed by atoms with Gasteiger partial charge in [0.2, 0.25) is 0 Å². The van der Waals surface area contributed by atoms with E-state index in [1.54, 1.807) is 27.7 Å². The molecule has 0 saturated heterocycles. The number of alkyl carbamates (subject to hydrolysis) is 1. The van der Waals surface area contributed by atoms with Gasteiger partial charge in [-0.1, -0.05) is 19.3 Å². The normalized spacial score (nSPS) is 11.8. The number of ether oxygens (including phenoxy) is 1. The molecule has 146 valence electrons. The van der Waals surface area contributed by atoms with Gasteiger partial charge in [0.15, 0.2) is 0 Å². The molecule has 0 aromatic rings. The van der Waals surface area contributed by atoms with E-state index in [1.807, 2.05) is 0 Å². The van der Waals surface area contributed by atoms with Crippen LogP contribution in [0.4, 0.5) is 4.79 Å². The van der Waals surface area contributed by atoms with Gasteiger partial charge in [-0.15, -0.1) is 0 Å². The highest BCUT2D eigenvalue weighted by molar-refractivity contribution is 5.73. The predicted molar refractivity (Wildman–Crippen MR) is 94.5 cm³/mol. The van der Waals surface area contributed by atoms with Crippen LogP contribution in [0, 0.1) is 10.8 Å². The summed E-state index contributed by atoms with van der Waals surface area (Å²) in [7, 11) is 0. The van der Waals surface area contributed by atoms with Crippen LogP contribution >= 0.6 is 0 Å². The number of hydrogen-bond acceptors (Lipinski definition) is 4. The number of amides is 1. The molecule has 7 heteroatoms. The first-order chi connectivity index (χ1) is 11.5. The van der Waals surface area contributed by atoms with Crippen molar-refractivity contribution >= 4 is 18.0 Å². The van der Waals surface area contributed by atoms with Gasteiger partial charge in [0.1, 0.15) is 0 Å². The zero-order valence-corrected chi connectivity index (χ0v) is 15.9. The van der Waals surface area contributed by atoms with Crippen LogP contribution in [0.2, 0.25) is 0 Å². The largest absolute Gasteiger partial charge is 0.481 e. The number of nitrogens with one attached hydrogen (secondary N) is 1. The Balaban J connectivity index is 3.60. The Morgan fingerprint density at radius 3 is 1.76 bits per heavy atom. The highest BCUT2D eigenvalue weighted by Gasteiger charge is 2.26. The SMILES string of the molecule is CC(C)(CCCCCOC(=O)NCCCCC(C)(C)C(=O)O)C(=O)O. The monoisotopic (exact) mass is 359 g/mol. The molecular weight excluding hydrogens is 326 g/mol. The average molecular weight is 359 g/mol. The molecule has 0 aromatic heterocycles. The predicted octanol–water partition coefficient (Wildman–Crippen LogP) is 3.66. The number of rotatable bonds is 13. The number of carbonyl (C=O) groups excluding carboxylic acids is 1. The minimum atomic E-state index is -0.813. The van der Waals surface area contributed by atoms with Gasteiger partial charge in [0.25, 0.3) is 0 Å². The summed E-state index contributed by atoms with van der Waals surface area (Å²) < 4.78 is 5.05. The molecule has 0 aliphatic carbocycles. The highest BCUT2D eigenvalue weighted by atomic mass is 16.5. The Labute approximate surface area is 150 Å². The fraction of sp³-hybridized carbons (Fsp3) is 0.833. The van der Waals surface area contributed by atoms with Gasteiger partial charge in [-0.2, -0.15) is 0 Å². The molecule has 0 spiro atoms. The van der Waals surface area contributed by atoms with Crippen LogP contribution < -0.4 is 5.32 Å². The van der Waals surface area contributed by atoms with Crippen LogP contribution in [0.5, 0.6) is 0 Å². The van der Waals surface area contributed by atoms with E-state index in [9.17, 15) is 14.4 Å². The third-order valence-corrected chi connectivity index (χ3v) is 4.34. The van der Waals surface area contributed by atoms with E-state index >= 15 is 0 Å². The summed E-state index contributed by atoms with van der Waals surface area (Å²) in [5.74, 6) is -1.61. The van der Waals surface area contributed by atoms with Crippen molar-refractivity contribution in [3.63, 3.8) is 0 Å². The second kappa shape index (κ2) is 10.9. The van der Waals surface area contributed by atoms with E-state index in [0.29, 0.717) is 38.8 Å². The molecular formula is C18H33NO6. The van der Waals surface area contributed by atoms with E-state index in [-0.39, 0.29) is 0 Å². The Morgan fingerprint density at radius 2 is 1.28 bits per heavy atom. The molecule has 0 bridgehead atoms. The van der Waals surface area contributed by atoms with Gasteiger partial charge in [0.05, 0.1) is 17.4 Å². The first kappa shape index (κ1) is 23.2. The molecule has 0 fully saturated rings. The molecule has 0 rings (SSSR count). The molecule has 0 aliphatic heterocycles. The lowest BCUT2D eigenvalue weighted by atomic mass is 9.87. The van der Waals surface area contributed by atoms with Crippen LogP contribution in [0.1, 0.15) is 72.6 Å². The summed E-state index contributed by atoms with van der Waals surface area (Å²) in [5.41, 5.74) is -1.46. The number of carboxylic acids is 2. The molecule has 7 nitrogen and oxygen atoms in total. The quantitative estimate of drug-likeness (QED) is 0.432. The highest BCUT2D eigenvalue weighted by Crippen LogP contribution is 2.24. The van der Waals surface area contributed by atoms with E-state index in [4.69, 9.17) is 14.9 Å². The number of unbranched alkanes of at least 4 members (excludes halogenated alkanes) is 3. The zero-order chi connectivity index (χ0) is 19.5. The average Bonchev–Trinajstić information content (AvgIpc) is 2.49. The van der Waals surface area contributed by atoms with Crippen LogP contribution in [-0.2, 0) is 14.3 Å². The molecule has 0 atom stereocenters. The van der Waals surface area contributed by atoms with Crippen molar-refractivity contribution in [2.45, 2.75) is 72.6 Å². The maximum absolute atomic E-state index is 11.5. The van der Waals surface area contributed by atoms with Crippen LogP contribution in [0.15, 0.2) is 0 Å². The van der Waals surface area contributed by atoms with Crippen LogP contribution in [0.25, 0.3) is 0 Å². The second-order valence-electron chi connectivity index (χ2n) is 7.71. The summed E-state index contributed by atoms with van der Waals surface area (Å²) in [6.07, 6.45) is 4.42. The van der Waals surface area contributed by atoms with E-state index in [2.05, 4.69) is 5.32 Å². The van der Waals surface area contributed by atoms with Gasteiger partial charge in [0, 0.05) is 6.54 Å². The summed E-state index contributed by atoms with van der Waals surface area (Å²) in [6.45, 7) is 7.56. The van der Waals surface area contributed by atoms with Gasteiger partial charge >= 0.3 is 18.0 Å². The molecule has 3 N–H and O–H groups in total. The topological polar surface area (TPSA) is 113 Å². The first-order valence-electron chi connectivity index (χ1n) is 8.86. The maximum Gasteiger partial charge on any atom is 0.407 e. The lowest BCUT2D eigenvalue weighted by Crippen LogP contribution is -2.27. The van der Waals surface area contributed by atoms with Crippen LogP contribution in [0.3, 0.4) is 0 Å². The van der Waals surface area contributed by atoms with Gasteiger partial charge in [-0.3, -0.25) is 9.59 Å². The summed E-state index contributed by atoms with van der Waals surface area (Å²) in [6, 6.07) is 0. The van der Waals surface area contributed by atoms with E-state index in [0.717, 1.165) is 19.3 Å². The van der Waals surface area contributed by atoms with Gasteiger partial charge in [-0.05, 0) is 53.4 Å². The Hall–Kier alpha value is -1.79. The Morgan fingerprint density at radius 1 is 0.800 bits per heavy atom. The molecule has 0 radical (unpaired) electrons. The van der Waals surface area contributed by atoms with Crippen LogP contribution in [-0.4, -0.2) is 41.4 Å². The minimum Gasteiger partial charge on any atom is -0.481 e. The second-order valence-corrected chi connectivity index (χ2v) is 7.71. The fourth-order valence-electron chi connectivity index (χ4n) is 2.16. The van der Waals surface area contributed by atoms with Crippen molar-refractivity contribution in [2.24, 2.45) is 10.8 Å². The zero-order valence-electron chi connectivity index (χ0n) is 15.9. The van der Waals surface area contributed by atoms with Crippen molar-refractivity contribution in [1.82, 2.24) is 5.32 Å². The van der Waals surface area contributed by atoms with Crippen molar-refractivity contribution < 1.29 is 29.3 Å². The van der Waals surface area contributed by atoms with Crippen molar-refractivity contribution in [3.8, 4) is 0 Å². The molecule has 25 heavy (non-hydrogen) atoms. The lowest BCUT2D eigenvalue weighted by molar-refractivity contribution is -0.148. The van der Waals surface area contributed by atoms with E-state index < -0.39 is 28.9 Å². The smallest absolute Gasteiger partial charge is 0.407 e. The fourth-order valence-corrected chi connectivity index (χ4v) is 2.16. The molecule has 0 heterocycles. The van der Waals surface area contributed by atoms with Gasteiger partial charge < -0.3 is 20.3 Å². The maximum atomic E-state index is 11.5. The number of aliphatic carboxylic acids is 2. The third kappa shape index (κ3) is 10.6. The molecule has 1 amide bonds. The Bertz CT molecular complexity index is 445. The summed E-state index contributed by atoms with van der Waals surface area (Å²) >= 11 is 0. The minimum absolute atomic E-state index is 0.311. The molecule has 0 aromatic carbocycles. The molecule has 0 unspecified atom stereocenters. The van der Waals surface area contributed by atoms with Gasteiger partial charge in [-0.25, -0.2) is 4.79 Å². The van der Waals surface area contributed by atoms with Crippen molar-refractivity contribution in [1.29, 1.82) is 0 Å². The standard InChI is InChI=1S/C18H33NO6/c1-17(2,14(20)21)10-6-5-9-13-25-16(24)19-12-8-7-11-18(3,4)15(22)23/h5-13H2,1-4H3,(H,19,24)(H,20,21)(H,22,23).